The highest BCUT2D eigenvalue weighted by Crippen LogP contribution is 2.18. The van der Waals surface area contributed by atoms with Gasteiger partial charge in [-0.3, -0.25) is 0 Å². The Balaban J connectivity index is 2.30. The monoisotopic (exact) mass is 268 g/mol. The van der Waals surface area contributed by atoms with Crippen molar-refractivity contribution in [3.05, 3.63) is 36.9 Å². The fourth-order valence-electron chi connectivity index (χ4n) is 1.15. The van der Waals surface area contributed by atoms with E-state index in [4.69, 9.17) is 4.74 Å². The van der Waals surface area contributed by atoms with Gasteiger partial charge in [0.25, 0.3) is 0 Å². The fourth-order valence-corrected chi connectivity index (χ4v) is 1.56. The molecule has 0 spiro atoms. The Labute approximate surface area is 111 Å². The zero-order valence-corrected chi connectivity index (χ0v) is 11.0. The van der Waals surface area contributed by atoms with Gasteiger partial charge in [0.1, 0.15) is 25.1 Å². The van der Waals surface area contributed by atoms with Crippen LogP contribution in [-0.4, -0.2) is 36.6 Å². The van der Waals surface area contributed by atoms with Gasteiger partial charge >= 0.3 is 5.97 Å². The van der Waals surface area contributed by atoms with Crippen molar-refractivity contribution in [1.82, 2.24) is 0 Å². The number of benzene rings is 1. The summed E-state index contributed by atoms with van der Waals surface area (Å²) < 4.78 is 10.0. The largest absolute Gasteiger partial charge is 0.491 e. The van der Waals surface area contributed by atoms with Crippen LogP contribution in [0.15, 0.2) is 41.8 Å². The van der Waals surface area contributed by atoms with E-state index in [-0.39, 0.29) is 13.2 Å². The number of ether oxygens (including phenoxy) is 2. The standard InChI is InChI=1S/C13H16O4S/c1-3-13(15)17-9-10(14)8-16-11-4-6-12(18-2)7-5-11/h3-7,10,14H,1,8-9H2,2H3/t10-/m1/s1. The SMILES string of the molecule is C=CC(=O)OC[C@H](O)COc1ccc(SC)cc1. The molecule has 0 saturated carbocycles. The summed E-state index contributed by atoms with van der Waals surface area (Å²) in [5.41, 5.74) is 0. The van der Waals surface area contributed by atoms with Crippen molar-refractivity contribution in [2.24, 2.45) is 0 Å². The highest BCUT2D eigenvalue weighted by atomic mass is 32.2. The highest BCUT2D eigenvalue weighted by molar-refractivity contribution is 7.98. The van der Waals surface area contributed by atoms with Gasteiger partial charge in [-0.15, -0.1) is 11.8 Å². The molecule has 0 bridgehead atoms. The van der Waals surface area contributed by atoms with Crippen molar-refractivity contribution in [2.45, 2.75) is 11.0 Å². The van der Waals surface area contributed by atoms with E-state index in [0.29, 0.717) is 5.75 Å². The molecule has 0 aliphatic rings. The van der Waals surface area contributed by atoms with Gasteiger partial charge < -0.3 is 14.6 Å². The number of aliphatic hydroxyl groups excluding tert-OH is 1. The van der Waals surface area contributed by atoms with Crippen molar-refractivity contribution in [3.63, 3.8) is 0 Å². The van der Waals surface area contributed by atoms with E-state index in [1.807, 2.05) is 30.5 Å². The van der Waals surface area contributed by atoms with Crippen molar-refractivity contribution in [3.8, 4) is 5.75 Å². The predicted octanol–water partition coefficient (Wildman–Crippen LogP) is 1.88. The van der Waals surface area contributed by atoms with Gasteiger partial charge in [0.2, 0.25) is 0 Å². The fraction of sp³-hybridized carbons (Fsp3) is 0.308. The molecule has 4 nitrogen and oxygen atoms in total. The maximum atomic E-state index is 10.8. The minimum absolute atomic E-state index is 0.0725. The topological polar surface area (TPSA) is 55.8 Å². The molecule has 1 aromatic carbocycles. The lowest BCUT2D eigenvalue weighted by Gasteiger charge is -2.12. The number of carbonyl (C=O) groups is 1. The molecule has 1 atom stereocenters. The van der Waals surface area contributed by atoms with Gasteiger partial charge in [-0.05, 0) is 30.5 Å². The van der Waals surface area contributed by atoms with Gasteiger partial charge in [-0.1, -0.05) is 6.58 Å². The van der Waals surface area contributed by atoms with Crippen LogP contribution < -0.4 is 4.74 Å². The lowest BCUT2D eigenvalue weighted by molar-refractivity contribution is -0.141. The van der Waals surface area contributed by atoms with Crippen LogP contribution in [0.2, 0.25) is 0 Å². The van der Waals surface area contributed by atoms with Gasteiger partial charge in [-0.25, -0.2) is 4.79 Å². The van der Waals surface area contributed by atoms with Crippen LogP contribution in [0, 0.1) is 0 Å². The molecule has 1 aromatic rings. The molecule has 0 heterocycles. The average Bonchev–Trinajstić information content (AvgIpc) is 2.42. The molecule has 1 rings (SSSR count). The average molecular weight is 268 g/mol. The van der Waals surface area contributed by atoms with Crippen LogP contribution in [0.3, 0.4) is 0 Å². The second-order valence-electron chi connectivity index (χ2n) is 3.47. The van der Waals surface area contributed by atoms with Gasteiger partial charge in [0.05, 0.1) is 0 Å². The Morgan fingerprint density at radius 1 is 1.44 bits per heavy atom. The highest BCUT2D eigenvalue weighted by Gasteiger charge is 2.07. The minimum atomic E-state index is -0.853. The molecule has 98 valence electrons. The minimum Gasteiger partial charge on any atom is -0.491 e. The molecule has 18 heavy (non-hydrogen) atoms. The molecule has 0 fully saturated rings. The van der Waals surface area contributed by atoms with Crippen LogP contribution >= 0.6 is 11.8 Å². The summed E-state index contributed by atoms with van der Waals surface area (Å²) in [6.45, 7) is 3.23. The summed E-state index contributed by atoms with van der Waals surface area (Å²) in [5.74, 6) is 0.111. The number of esters is 1. The molecule has 0 aliphatic heterocycles. The van der Waals surface area contributed by atoms with Crippen molar-refractivity contribution < 1.29 is 19.4 Å². The number of thioether (sulfide) groups is 1. The third-order valence-corrected chi connectivity index (χ3v) is 2.83. The van der Waals surface area contributed by atoms with E-state index in [9.17, 15) is 9.90 Å². The third-order valence-electron chi connectivity index (χ3n) is 2.09. The molecular weight excluding hydrogens is 252 g/mol. The maximum Gasteiger partial charge on any atom is 0.330 e. The summed E-state index contributed by atoms with van der Waals surface area (Å²) in [7, 11) is 0. The first-order chi connectivity index (χ1) is 8.65. The summed E-state index contributed by atoms with van der Waals surface area (Å²) in [6.07, 6.45) is 2.19. The first kappa shape index (κ1) is 14.6. The number of hydrogen-bond acceptors (Lipinski definition) is 5. The van der Waals surface area contributed by atoms with E-state index < -0.39 is 12.1 Å². The van der Waals surface area contributed by atoms with Crippen molar-refractivity contribution in [2.75, 3.05) is 19.5 Å². The van der Waals surface area contributed by atoms with Gasteiger partial charge in [0, 0.05) is 11.0 Å². The number of carbonyl (C=O) groups excluding carboxylic acids is 1. The summed E-state index contributed by atoms with van der Waals surface area (Å²) in [5, 5.41) is 9.52. The number of rotatable bonds is 7. The normalized spacial score (nSPS) is 11.7. The first-order valence-corrected chi connectivity index (χ1v) is 6.62. The van der Waals surface area contributed by atoms with Crippen LogP contribution in [-0.2, 0) is 9.53 Å². The van der Waals surface area contributed by atoms with E-state index >= 15 is 0 Å². The maximum absolute atomic E-state index is 10.8. The molecule has 0 amide bonds. The molecule has 5 heteroatoms. The Kier molecular flexibility index (Phi) is 6.32. The van der Waals surface area contributed by atoms with E-state index in [2.05, 4.69) is 11.3 Å². The van der Waals surface area contributed by atoms with Crippen LogP contribution in [0.5, 0.6) is 5.75 Å². The lowest BCUT2D eigenvalue weighted by Crippen LogP contribution is -2.24. The zero-order chi connectivity index (χ0) is 13.4. The molecular formula is C13H16O4S. The molecule has 0 saturated heterocycles. The summed E-state index contributed by atoms with van der Waals surface area (Å²) in [4.78, 5) is 11.9. The van der Waals surface area contributed by atoms with Crippen molar-refractivity contribution >= 4 is 17.7 Å². The third kappa shape index (κ3) is 5.25. The van der Waals surface area contributed by atoms with Crippen molar-refractivity contribution in [1.29, 1.82) is 0 Å². The second-order valence-corrected chi connectivity index (χ2v) is 4.35. The smallest absolute Gasteiger partial charge is 0.330 e. The summed E-state index contributed by atoms with van der Waals surface area (Å²) >= 11 is 1.64. The van der Waals surface area contributed by atoms with Gasteiger partial charge in [-0.2, -0.15) is 0 Å². The molecule has 0 aromatic heterocycles. The second kappa shape index (κ2) is 7.79. The van der Waals surface area contributed by atoms with Gasteiger partial charge in [0.15, 0.2) is 0 Å². The predicted molar refractivity (Wildman–Crippen MR) is 70.9 cm³/mol. The number of aliphatic hydroxyl groups is 1. The lowest BCUT2D eigenvalue weighted by atomic mass is 10.3. The Bertz CT molecular complexity index is 388. The Morgan fingerprint density at radius 3 is 2.67 bits per heavy atom. The van der Waals surface area contributed by atoms with E-state index in [1.165, 1.54) is 0 Å². The molecule has 0 unspecified atom stereocenters. The van der Waals surface area contributed by atoms with Crippen LogP contribution in [0.25, 0.3) is 0 Å². The van der Waals surface area contributed by atoms with Crippen LogP contribution in [0.1, 0.15) is 0 Å². The molecule has 0 aliphatic carbocycles. The Hall–Kier alpha value is -1.46. The Morgan fingerprint density at radius 2 is 2.11 bits per heavy atom. The quantitative estimate of drug-likeness (QED) is 0.465. The zero-order valence-electron chi connectivity index (χ0n) is 10.2. The van der Waals surface area contributed by atoms with Crippen LogP contribution in [0.4, 0.5) is 0 Å². The molecule has 0 radical (unpaired) electrons. The number of hydrogen-bond donors (Lipinski definition) is 1. The van der Waals surface area contributed by atoms with E-state index in [1.54, 1.807) is 11.8 Å². The summed E-state index contributed by atoms with van der Waals surface area (Å²) in [6, 6.07) is 7.52. The first-order valence-electron chi connectivity index (χ1n) is 5.40. The van der Waals surface area contributed by atoms with E-state index in [0.717, 1.165) is 11.0 Å². The molecule has 1 N–H and O–H groups in total.